The summed E-state index contributed by atoms with van der Waals surface area (Å²) in [5.41, 5.74) is 3.64. The van der Waals surface area contributed by atoms with Gasteiger partial charge in [0.2, 0.25) is 0 Å². The van der Waals surface area contributed by atoms with Crippen molar-refractivity contribution in [3.63, 3.8) is 0 Å². The molecular formula is C19H20N2O5. The fourth-order valence-corrected chi connectivity index (χ4v) is 2.16. The average Bonchev–Trinajstić information content (AvgIpc) is 2.67. The number of nitrogens with one attached hydrogen (secondary N) is 1. The summed E-state index contributed by atoms with van der Waals surface area (Å²) in [5.74, 6) is -0.419. The third kappa shape index (κ3) is 5.94. The van der Waals surface area contributed by atoms with Gasteiger partial charge in [0, 0.05) is 6.42 Å². The van der Waals surface area contributed by atoms with Crippen molar-refractivity contribution in [3.05, 3.63) is 60.2 Å². The lowest BCUT2D eigenvalue weighted by molar-refractivity contribution is -0.136. The molecule has 0 aliphatic heterocycles. The fourth-order valence-electron chi connectivity index (χ4n) is 2.16. The van der Waals surface area contributed by atoms with E-state index in [1.54, 1.807) is 36.4 Å². The fraction of sp³-hybridized carbons (Fsp3) is 0.211. The monoisotopic (exact) mass is 356 g/mol. The van der Waals surface area contributed by atoms with Gasteiger partial charge in [0.25, 0.3) is 5.91 Å². The Balaban J connectivity index is 1.99. The van der Waals surface area contributed by atoms with E-state index in [0.29, 0.717) is 17.2 Å². The number of carboxylic acid groups (broad SMARTS) is 1. The van der Waals surface area contributed by atoms with Crippen molar-refractivity contribution in [2.75, 3.05) is 13.7 Å². The third-order valence-corrected chi connectivity index (χ3v) is 3.43. The van der Waals surface area contributed by atoms with Gasteiger partial charge < -0.3 is 14.6 Å². The molecule has 0 aliphatic carbocycles. The van der Waals surface area contributed by atoms with Crippen molar-refractivity contribution < 1.29 is 24.2 Å². The summed E-state index contributed by atoms with van der Waals surface area (Å²) < 4.78 is 10.6. The molecular weight excluding hydrogens is 336 g/mol. The number of methoxy groups -OCH3 is 1. The SMILES string of the molecule is COc1ccccc1OCC(=O)N/N=C(/CCC(=O)O)c1ccccc1. The predicted molar refractivity (Wildman–Crippen MR) is 96.5 cm³/mol. The number of aliphatic carboxylic acids is 1. The highest BCUT2D eigenvalue weighted by Gasteiger charge is 2.09. The van der Waals surface area contributed by atoms with Crippen LogP contribution >= 0.6 is 0 Å². The highest BCUT2D eigenvalue weighted by atomic mass is 16.5. The molecule has 0 aromatic heterocycles. The van der Waals surface area contributed by atoms with Crippen LogP contribution in [0.5, 0.6) is 11.5 Å². The van der Waals surface area contributed by atoms with Gasteiger partial charge in [-0.1, -0.05) is 42.5 Å². The number of carbonyl (C=O) groups is 2. The zero-order chi connectivity index (χ0) is 18.8. The molecule has 0 aliphatic rings. The van der Waals surface area contributed by atoms with Crippen molar-refractivity contribution in [1.29, 1.82) is 0 Å². The Bertz CT molecular complexity index is 775. The number of amides is 1. The largest absolute Gasteiger partial charge is 0.493 e. The summed E-state index contributed by atoms with van der Waals surface area (Å²) >= 11 is 0. The molecule has 136 valence electrons. The lowest BCUT2D eigenvalue weighted by atomic mass is 10.1. The van der Waals surface area contributed by atoms with Gasteiger partial charge in [-0.3, -0.25) is 9.59 Å². The molecule has 0 bridgehead atoms. The molecule has 7 nitrogen and oxygen atoms in total. The molecule has 2 N–H and O–H groups in total. The van der Waals surface area contributed by atoms with E-state index in [2.05, 4.69) is 10.5 Å². The van der Waals surface area contributed by atoms with E-state index in [4.69, 9.17) is 14.6 Å². The number of benzene rings is 2. The molecule has 0 atom stereocenters. The Labute approximate surface area is 151 Å². The van der Waals surface area contributed by atoms with Crippen LogP contribution in [0.2, 0.25) is 0 Å². The first-order valence-corrected chi connectivity index (χ1v) is 7.98. The summed E-state index contributed by atoms with van der Waals surface area (Å²) in [6.07, 6.45) is 0.119. The topological polar surface area (TPSA) is 97.2 Å². The summed E-state index contributed by atoms with van der Waals surface area (Å²) in [6.45, 7) is -0.245. The number of ether oxygens (including phenoxy) is 2. The van der Waals surface area contributed by atoms with Gasteiger partial charge in [-0.05, 0) is 17.7 Å². The minimum atomic E-state index is -0.931. The zero-order valence-electron chi connectivity index (χ0n) is 14.3. The van der Waals surface area contributed by atoms with Crippen LogP contribution in [0, 0.1) is 0 Å². The van der Waals surface area contributed by atoms with E-state index in [0.717, 1.165) is 5.56 Å². The van der Waals surface area contributed by atoms with Crippen LogP contribution in [0.25, 0.3) is 0 Å². The second kappa shape index (κ2) is 9.83. The number of hydrogen-bond donors (Lipinski definition) is 2. The summed E-state index contributed by atoms with van der Waals surface area (Å²) in [5, 5.41) is 12.9. The Morgan fingerprint density at radius 2 is 1.65 bits per heavy atom. The second-order valence-corrected chi connectivity index (χ2v) is 5.29. The van der Waals surface area contributed by atoms with Crippen LogP contribution in [0.1, 0.15) is 18.4 Å². The van der Waals surface area contributed by atoms with Crippen molar-refractivity contribution in [3.8, 4) is 11.5 Å². The van der Waals surface area contributed by atoms with Crippen molar-refractivity contribution in [1.82, 2.24) is 5.43 Å². The molecule has 0 radical (unpaired) electrons. The standard InChI is InChI=1S/C19H20N2O5/c1-25-16-9-5-6-10-17(16)26-13-18(22)21-20-15(11-12-19(23)24)14-7-3-2-4-8-14/h2-10H,11-13H2,1H3,(H,21,22)(H,23,24)/b20-15-. The predicted octanol–water partition coefficient (Wildman–Crippen LogP) is 2.46. The van der Waals surface area contributed by atoms with Crippen molar-refractivity contribution in [2.45, 2.75) is 12.8 Å². The Morgan fingerprint density at radius 3 is 2.31 bits per heavy atom. The smallest absolute Gasteiger partial charge is 0.303 e. The first kappa shape index (κ1) is 19.0. The number of para-hydroxylation sites is 2. The maximum atomic E-state index is 12.0. The van der Waals surface area contributed by atoms with Crippen LogP contribution in [0.3, 0.4) is 0 Å². The number of nitrogens with zero attached hydrogens (tertiary/aromatic N) is 1. The lowest BCUT2D eigenvalue weighted by Crippen LogP contribution is -2.26. The first-order chi connectivity index (χ1) is 12.6. The van der Waals surface area contributed by atoms with Gasteiger partial charge in [0.15, 0.2) is 18.1 Å². The highest BCUT2D eigenvalue weighted by Crippen LogP contribution is 2.25. The Hall–Kier alpha value is -3.35. The molecule has 0 unspecified atom stereocenters. The van der Waals surface area contributed by atoms with Crippen molar-refractivity contribution in [2.24, 2.45) is 5.10 Å². The van der Waals surface area contributed by atoms with Gasteiger partial charge in [-0.15, -0.1) is 0 Å². The summed E-state index contributed by atoms with van der Waals surface area (Å²) in [4.78, 5) is 22.8. The first-order valence-electron chi connectivity index (χ1n) is 7.98. The van der Waals surface area contributed by atoms with Gasteiger partial charge in [-0.2, -0.15) is 5.10 Å². The highest BCUT2D eigenvalue weighted by molar-refractivity contribution is 6.02. The molecule has 0 fully saturated rings. The summed E-state index contributed by atoms with van der Waals surface area (Å²) in [7, 11) is 1.52. The normalized spacial score (nSPS) is 10.9. The van der Waals surface area contributed by atoms with Gasteiger partial charge >= 0.3 is 5.97 Å². The number of hydrazone groups is 1. The van der Waals surface area contributed by atoms with Crippen LogP contribution in [-0.4, -0.2) is 36.4 Å². The van der Waals surface area contributed by atoms with Crippen LogP contribution in [0.4, 0.5) is 0 Å². The molecule has 7 heteroatoms. The quantitative estimate of drug-likeness (QED) is 0.531. The third-order valence-electron chi connectivity index (χ3n) is 3.43. The summed E-state index contributed by atoms with van der Waals surface area (Å²) in [6, 6.07) is 16.1. The molecule has 2 aromatic rings. The molecule has 0 heterocycles. The van der Waals surface area contributed by atoms with E-state index in [-0.39, 0.29) is 19.4 Å². The van der Waals surface area contributed by atoms with E-state index >= 15 is 0 Å². The minimum Gasteiger partial charge on any atom is -0.493 e. The Kier molecular flexibility index (Phi) is 7.17. The maximum Gasteiger partial charge on any atom is 0.303 e. The van der Waals surface area contributed by atoms with Crippen molar-refractivity contribution >= 4 is 17.6 Å². The van der Waals surface area contributed by atoms with E-state index in [9.17, 15) is 9.59 Å². The molecule has 26 heavy (non-hydrogen) atoms. The molecule has 1 amide bonds. The Morgan fingerprint density at radius 1 is 1.00 bits per heavy atom. The molecule has 2 aromatic carbocycles. The maximum absolute atomic E-state index is 12.0. The number of hydrogen-bond acceptors (Lipinski definition) is 5. The van der Waals surface area contributed by atoms with Crippen LogP contribution in [0.15, 0.2) is 59.7 Å². The average molecular weight is 356 g/mol. The van der Waals surface area contributed by atoms with Crippen LogP contribution < -0.4 is 14.9 Å². The van der Waals surface area contributed by atoms with E-state index in [1.165, 1.54) is 7.11 Å². The number of carboxylic acids is 1. The lowest BCUT2D eigenvalue weighted by Gasteiger charge is -2.10. The molecule has 0 spiro atoms. The molecule has 0 saturated heterocycles. The molecule has 2 rings (SSSR count). The van der Waals surface area contributed by atoms with E-state index in [1.807, 2.05) is 18.2 Å². The zero-order valence-corrected chi connectivity index (χ0v) is 14.3. The van der Waals surface area contributed by atoms with E-state index < -0.39 is 11.9 Å². The van der Waals surface area contributed by atoms with Gasteiger partial charge in [0.1, 0.15) is 0 Å². The number of carbonyl (C=O) groups excluding carboxylic acids is 1. The van der Waals surface area contributed by atoms with Gasteiger partial charge in [0.05, 0.1) is 19.2 Å². The second-order valence-electron chi connectivity index (χ2n) is 5.29. The van der Waals surface area contributed by atoms with Gasteiger partial charge in [-0.25, -0.2) is 5.43 Å². The number of rotatable bonds is 9. The molecule has 0 saturated carbocycles. The van der Waals surface area contributed by atoms with Crippen LogP contribution in [-0.2, 0) is 9.59 Å². The minimum absolute atomic E-state index is 0.0820.